The van der Waals surface area contributed by atoms with Gasteiger partial charge < -0.3 is 4.74 Å². The van der Waals surface area contributed by atoms with Crippen molar-refractivity contribution in [3.8, 4) is 5.75 Å². The van der Waals surface area contributed by atoms with Crippen LogP contribution in [-0.2, 0) is 16.6 Å². The summed E-state index contributed by atoms with van der Waals surface area (Å²) in [4.78, 5) is 0. The van der Waals surface area contributed by atoms with E-state index in [-0.39, 0.29) is 6.54 Å². The molecule has 4 nitrogen and oxygen atoms in total. The summed E-state index contributed by atoms with van der Waals surface area (Å²) in [6, 6.07) is 12.0. The maximum atomic E-state index is 12.4. The predicted molar refractivity (Wildman–Crippen MR) is 98.9 cm³/mol. The first-order valence-electron chi connectivity index (χ1n) is 7.04. The van der Waals surface area contributed by atoms with Crippen LogP contribution in [0, 0.1) is 0 Å². The molecular weight excluding hydrogens is 369 g/mol. The van der Waals surface area contributed by atoms with Crippen molar-refractivity contribution < 1.29 is 13.2 Å². The van der Waals surface area contributed by atoms with Gasteiger partial charge in [-0.05, 0) is 42.0 Å². The Labute approximate surface area is 152 Å². The molecule has 128 valence electrons. The van der Waals surface area contributed by atoms with Crippen molar-refractivity contribution in [2.45, 2.75) is 6.54 Å². The van der Waals surface area contributed by atoms with Gasteiger partial charge in [-0.3, -0.25) is 0 Å². The highest BCUT2D eigenvalue weighted by molar-refractivity contribution is 7.92. The lowest BCUT2D eigenvalue weighted by molar-refractivity contribution is 0.399. The van der Waals surface area contributed by atoms with Crippen LogP contribution in [0.4, 0.5) is 0 Å². The zero-order chi connectivity index (χ0) is 17.7. The van der Waals surface area contributed by atoms with E-state index in [9.17, 15) is 8.42 Å². The highest BCUT2D eigenvalue weighted by Crippen LogP contribution is 2.24. The molecule has 0 bridgehead atoms. The highest BCUT2D eigenvalue weighted by atomic mass is 35.5. The van der Waals surface area contributed by atoms with E-state index in [1.807, 2.05) is 0 Å². The van der Waals surface area contributed by atoms with Gasteiger partial charge in [0.1, 0.15) is 5.75 Å². The summed E-state index contributed by atoms with van der Waals surface area (Å²) >= 11 is 11.8. The molecule has 0 heterocycles. The first-order valence-corrected chi connectivity index (χ1v) is 9.30. The van der Waals surface area contributed by atoms with Crippen LogP contribution in [0.15, 0.2) is 47.9 Å². The minimum absolute atomic E-state index is 0.150. The third-order valence-electron chi connectivity index (χ3n) is 3.37. The minimum Gasteiger partial charge on any atom is -0.496 e. The van der Waals surface area contributed by atoms with E-state index >= 15 is 0 Å². The third kappa shape index (κ3) is 4.98. The topological polar surface area (TPSA) is 46.6 Å². The highest BCUT2D eigenvalue weighted by Gasteiger charge is 2.17. The van der Waals surface area contributed by atoms with Gasteiger partial charge in [0, 0.05) is 34.6 Å². The molecule has 0 amide bonds. The minimum atomic E-state index is -3.58. The maximum Gasteiger partial charge on any atom is 0.236 e. The number of sulfonamides is 1. The van der Waals surface area contributed by atoms with E-state index in [0.717, 1.165) is 11.0 Å². The van der Waals surface area contributed by atoms with Gasteiger partial charge in [0.2, 0.25) is 10.0 Å². The molecule has 0 unspecified atom stereocenters. The van der Waals surface area contributed by atoms with Crippen molar-refractivity contribution in [1.29, 1.82) is 0 Å². The van der Waals surface area contributed by atoms with Gasteiger partial charge in [0.15, 0.2) is 0 Å². The molecule has 0 aromatic heterocycles. The van der Waals surface area contributed by atoms with Gasteiger partial charge in [-0.25, -0.2) is 8.42 Å². The van der Waals surface area contributed by atoms with Crippen molar-refractivity contribution >= 4 is 39.3 Å². The van der Waals surface area contributed by atoms with Gasteiger partial charge in [0.05, 0.1) is 7.11 Å². The predicted octanol–water partition coefficient (Wildman–Crippen LogP) is 4.43. The van der Waals surface area contributed by atoms with E-state index in [1.54, 1.807) is 42.5 Å². The Morgan fingerprint density at radius 2 is 1.71 bits per heavy atom. The molecule has 0 atom stereocenters. The number of hydrogen-bond donors (Lipinski definition) is 0. The van der Waals surface area contributed by atoms with E-state index in [1.165, 1.54) is 24.5 Å². The summed E-state index contributed by atoms with van der Waals surface area (Å²) < 4.78 is 31.3. The van der Waals surface area contributed by atoms with Crippen LogP contribution < -0.4 is 4.74 Å². The number of ether oxygens (including phenoxy) is 1. The van der Waals surface area contributed by atoms with E-state index in [2.05, 4.69) is 0 Å². The standard InChI is InChI=1S/C17H17Cl2NO3S/c1-20(12-14-11-16(19)7-8-17(14)23-2)24(21,22)10-9-13-3-5-15(18)6-4-13/h3-11H,12H2,1-2H3/b10-9+. The molecule has 2 rings (SSSR count). The second kappa shape index (κ2) is 8.03. The first kappa shape index (κ1) is 18.8. The Kier molecular flexibility index (Phi) is 6.29. The molecule has 0 aliphatic carbocycles. The Hall–Kier alpha value is -1.53. The molecule has 0 spiro atoms. The molecule has 0 aliphatic heterocycles. The molecule has 0 radical (unpaired) electrons. The lowest BCUT2D eigenvalue weighted by atomic mass is 10.2. The third-order valence-corrected chi connectivity index (χ3v) is 5.34. The summed E-state index contributed by atoms with van der Waals surface area (Å²) in [5, 5.41) is 2.28. The van der Waals surface area contributed by atoms with Gasteiger partial charge in [-0.1, -0.05) is 35.3 Å². The molecular formula is C17H17Cl2NO3S. The smallest absolute Gasteiger partial charge is 0.236 e. The summed E-state index contributed by atoms with van der Waals surface area (Å²) in [5.41, 5.74) is 1.44. The number of nitrogens with zero attached hydrogens (tertiary/aromatic N) is 1. The van der Waals surface area contributed by atoms with E-state index < -0.39 is 10.0 Å². The molecule has 0 saturated heterocycles. The van der Waals surface area contributed by atoms with E-state index in [4.69, 9.17) is 27.9 Å². The summed E-state index contributed by atoms with van der Waals surface area (Å²) in [6.45, 7) is 0.150. The van der Waals surface area contributed by atoms with E-state index in [0.29, 0.717) is 21.4 Å². The van der Waals surface area contributed by atoms with Crippen molar-refractivity contribution in [2.75, 3.05) is 14.2 Å². The quantitative estimate of drug-likeness (QED) is 0.738. The molecule has 0 N–H and O–H groups in total. The normalized spacial score (nSPS) is 12.0. The van der Waals surface area contributed by atoms with Crippen molar-refractivity contribution in [1.82, 2.24) is 4.31 Å². The number of hydrogen-bond acceptors (Lipinski definition) is 3. The monoisotopic (exact) mass is 385 g/mol. The van der Waals surface area contributed by atoms with Crippen molar-refractivity contribution in [3.63, 3.8) is 0 Å². The van der Waals surface area contributed by atoms with Crippen LogP contribution in [-0.4, -0.2) is 26.9 Å². The molecule has 24 heavy (non-hydrogen) atoms. The molecule has 2 aromatic carbocycles. The Bertz CT molecular complexity index is 833. The van der Waals surface area contributed by atoms with Crippen molar-refractivity contribution in [2.24, 2.45) is 0 Å². The van der Waals surface area contributed by atoms with Gasteiger partial charge >= 0.3 is 0 Å². The fourth-order valence-corrected chi connectivity index (χ4v) is 3.22. The molecule has 0 fully saturated rings. The Morgan fingerprint density at radius 3 is 2.33 bits per heavy atom. The number of halogens is 2. The molecule has 7 heteroatoms. The second-order valence-electron chi connectivity index (χ2n) is 5.11. The number of methoxy groups -OCH3 is 1. The largest absolute Gasteiger partial charge is 0.496 e. The summed E-state index contributed by atoms with van der Waals surface area (Å²) in [7, 11) is -0.552. The Morgan fingerprint density at radius 1 is 1.08 bits per heavy atom. The maximum absolute atomic E-state index is 12.4. The molecule has 0 aliphatic rings. The van der Waals surface area contributed by atoms with Gasteiger partial charge in [0.25, 0.3) is 0 Å². The fraction of sp³-hybridized carbons (Fsp3) is 0.176. The lowest BCUT2D eigenvalue weighted by Crippen LogP contribution is -2.24. The van der Waals surface area contributed by atoms with Crippen LogP contribution in [0.1, 0.15) is 11.1 Å². The van der Waals surface area contributed by atoms with Crippen LogP contribution in [0.2, 0.25) is 10.0 Å². The zero-order valence-corrected chi connectivity index (χ0v) is 15.6. The average Bonchev–Trinajstić information content (AvgIpc) is 2.54. The Balaban J connectivity index is 2.17. The number of rotatable bonds is 6. The van der Waals surface area contributed by atoms with Crippen molar-refractivity contribution in [3.05, 3.63) is 69.0 Å². The second-order valence-corrected chi connectivity index (χ2v) is 7.91. The number of benzene rings is 2. The zero-order valence-electron chi connectivity index (χ0n) is 13.2. The summed E-state index contributed by atoms with van der Waals surface area (Å²) in [6.07, 6.45) is 1.53. The fourth-order valence-electron chi connectivity index (χ4n) is 2.04. The van der Waals surface area contributed by atoms with Crippen LogP contribution in [0.5, 0.6) is 5.75 Å². The lowest BCUT2D eigenvalue weighted by Gasteiger charge is -2.17. The average molecular weight is 386 g/mol. The molecule has 2 aromatic rings. The first-order chi connectivity index (χ1) is 11.3. The van der Waals surface area contributed by atoms with Crippen LogP contribution in [0.3, 0.4) is 0 Å². The van der Waals surface area contributed by atoms with Gasteiger partial charge in [-0.15, -0.1) is 0 Å². The van der Waals surface area contributed by atoms with Crippen LogP contribution in [0.25, 0.3) is 6.08 Å². The van der Waals surface area contributed by atoms with Gasteiger partial charge in [-0.2, -0.15) is 4.31 Å². The summed E-state index contributed by atoms with van der Waals surface area (Å²) in [5.74, 6) is 0.586. The van der Waals surface area contributed by atoms with Crippen LogP contribution >= 0.6 is 23.2 Å². The SMILES string of the molecule is COc1ccc(Cl)cc1CN(C)S(=O)(=O)/C=C/c1ccc(Cl)cc1. The molecule has 0 saturated carbocycles.